The lowest BCUT2D eigenvalue weighted by Gasteiger charge is -2.07. The Morgan fingerprint density at radius 2 is 1.64 bits per heavy atom. The predicted octanol–water partition coefficient (Wildman–Crippen LogP) is 2.77. The molecule has 1 aromatic heterocycles. The number of rotatable bonds is 7. The zero-order valence-corrected chi connectivity index (χ0v) is 15.1. The van der Waals surface area contributed by atoms with Gasteiger partial charge in [0.15, 0.2) is 6.61 Å². The van der Waals surface area contributed by atoms with E-state index in [1.54, 1.807) is 48.5 Å². The van der Waals surface area contributed by atoms with Crippen LogP contribution in [0.1, 0.15) is 5.56 Å². The molecule has 0 aliphatic rings. The van der Waals surface area contributed by atoms with Crippen LogP contribution in [0.4, 0.5) is 0 Å². The molecular weight excluding hydrogens is 360 g/mol. The number of benzene rings is 2. The number of ether oxygens (including phenoxy) is 3. The Hall–Kier alpha value is -3.94. The van der Waals surface area contributed by atoms with E-state index in [1.165, 1.54) is 7.11 Å². The normalized spacial score (nSPS) is 10.2. The minimum absolute atomic E-state index is 0.0168. The summed E-state index contributed by atoms with van der Waals surface area (Å²) >= 11 is 0. The van der Waals surface area contributed by atoms with Gasteiger partial charge in [0.05, 0.1) is 12.8 Å². The van der Waals surface area contributed by atoms with Crippen LogP contribution in [0, 0.1) is 5.41 Å². The summed E-state index contributed by atoms with van der Waals surface area (Å²) in [5.41, 5.74) is 7.63. The van der Waals surface area contributed by atoms with Gasteiger partial charge in [0.1, 0.15) is 17.3 Å². The molecule has 1 heterocycles. The van der Waals surface area contributed by atoms with Crippen LogP contribution in [0.2, 0.25) is 0 Å². The third-order valence-corrected chi connectivity index (χ3v) is 3.76. The van der Waals surface area contributed by atoms with Gasteiger partial charge in [-0.3, -0.25) is 5.41 Å². The van der Waals surface area contributed by atoms with E-state index in [2.05, 4.69) is 14.9 Å². The molecular formula is C20H18N4O4. The minimum Gasteiger partial charge on any atom is -0.482 e. The van der Waals surface area contributed by atoms with E-state index in [-0.39, 0.29) is 12.4 Å². The molecule has 3 rings (SSSR count). The van der Waals surface area contributed by atoms with Crippen molar-refractivity contribution in [3.8, 4) is 28.6 Å². The summed E-state index contributed by atoms with van der Waals surface area (Å²) in [5, 5.41) is 15.6. The monoisotopic (exact) mass is 378 g/mol. The Balaban J connectivity index is 1.62. The first-order chi connectivity index (χ1) is 13.5. The summed E-state index contributed by atoms with van der Waals surface area (Å²) in [7, 11) is 1.30. The van der Waals surface area contributed by atoms with Crippen molar-refractivity contribution in [2.75, 3.05) is 13.7 Å². The van der Waals surface area contributed by atoms with E-state index in [9.17, 15) is 4.79 Å². The topological polar surface area (TPSA) is 120 Å². The molecule has 2 aromatic carbocycles. The fourth-order valence-corrected chi connectivity index (χ4v) is 2.27. The van der Waals surface area contributed by atoms with Gasteiger partial charge in [-0.05, 0) is 30.3 Å². The molecule has 0 unspecified atom stereocenters. The zero-order chi connectivity index (χ0) is 19.9. The highest BCUT2D eigenvalue weighted by Gasteiger charge is 2.06. The molecule has 0 fully saturated rings. The number of nitrogen functional groups attached to an aromatic ring is 1. The number of carbonyl (C=O) groups is 1. The number of nitrogens with two attached hydrogens (primary N) is 1. The van der Waals surface area contributed by atoms with Crippen LogP contribution in [-0.4, -0.2) is 35.7 Å². The van der Waals surface area contributed by atoms with E-state index < -0.39 is 5.97 Å². The summed E-state index contributed by atoms with van der Waals surface area (Å²) in [4.78, 5) is 11.1. The molecule has 8 nitrogen and oxygen atoms in total. The maximum Gasteiger partial charge on any atom is 0.343 e. The van der Waals surface area contributed by atoms with Crippen molar-refractivity contribution < 1.29 is 19.0 Å². The smallest absolute Gasteiger partial charge is 0.343 e. The number of nitrogens with zero attached hydrogens (tertiary/aromatic N) is 2. The molecule has 0 bridgehead atoms. The number of nitrogens with one attached hydrogen (secondary N) is 1. The number of methoxy groups -OCH3 is 1. The van der Waals surface area contributed by atoms with Crippen molar-refractivity contribution >= 4 is 11.8 Å². The van der Waals surface area contributed by atoms with Crippen LogP contribution >= 0.6 is 0 Å². The number of hydrogen-bond acceptors (Lipinski definition) is 7. The molecule has 0 atom stereocenters. The maximum atomic E-state index is 11.1. The van der Waals surface area contributed by atoms with Crippen LogP contribution in [0.15, 0.2) is 60.7 Å². The number of amidine groups is 1. The minimum atomic E-state index is -0.452. The van der Waals surface area contributed by atoms with E-state index in [0.29, 0.717) is 28.6 Å². The predicted molar refractivity (Wildman–Crippen MR) is 103 cm³/mol. The first-order valence-electron chi connectivity index (χ1n) is 8.31. The quantitative estimate of drug-likeness (QED) is 0.368. The Labute approximate surface area is 161 Å². The van der Waals surface area contributed by atoms with Crippen LogP contribution in [-0.2, 0) is 9.53 Å². The first kappa shape index (κ1) is 18.8. The zero-order valence-electron chi connectivity index (χ0n) is 15.1. The lowest BCUT2D eigenvalue weighted by atomic mass is 10.1. The van der Waals surface area contributed by atoms with Gasteiger partial charge in [0, 0.05) is 17.2 Å². The average Bonchev–Trinajstić information content (AvgIpc) is 2.73. The van der Waals surface area contributed by atoms with E-state index >= 15 is 0 Å². The second-order valence-corrected chi connectivity index (χ2v) is 5.69. The molecule has 8 heteroatoms. The summed E-state index contributed by atoms with van der Waals surface area (Å²) in [5.74, 6) is 0.980. The van der Waals surface area contributed by atoms with Crippen molar-refractivity contribution in [1.29, 1.82) is 5.41 Å². The summed E-state index contributed by atoms with van der Waals surface area (Å²) in [6, 6.07) is 17.4. The van der Waals surface area contributed by atoms with Crippen molar-refractivity contribution in [3.63, 3.8) is 0 Å². The molecule has 0 aliphatic carbocycles. The molecule has 0 aliphatic heterocycles. The van der Waals surface area contributed by atoms with Gasteiger partial charge >= 0.3 is 5.97 Å². The molecule has 3 N–H and O–H groups in total. The standard InChI is InChI=1S/C20H18N4O4/c1-26-19(25)12-27-15-6-8-16(9-7-15)28-18-11-10-17(23-24-18)13-2-4-14(5-3-13)20(21)22/h2-11H,12H2,1H3,(H3,21,22). The molecule has 0 radical (unpaired) electrons. The highest BCUT2D eigenvalue weighted by molar-refractivity contribution is 5.95. The second kappa shape index (κ2) is 8.63. The fraction of sp³-hybridized carbons (Fsp3) is 0.100. The van der Waals surface area contributed by atoms with E-state index in [0.717, 1.165) is 5.56 Å². The lowest BCUT2D eigenvalue weighted by Crippen LogP contribution is -2.12. The van der Waals surface area contributed by atoms with Gasteiger partial charge in [0.25, 0.3) is 0 Å². The first-order valence-corrected chi connectivity index (χ1v) is 8.31. The Morgan fingerprint density at radius 1 is 0.964 bits per heavy atom. The summed E-state index contributed by atoms with van der Waals surface area (Å²) < 4.78 is 15.4. The third-order valence-electron chi connectivity index (χ3n) is 3.76. The number of esters is 1. The number of hydrogen-bond donors (Lipinski definition) is 2. The van der Waals surface area contributed by atoms with Crippen LogP contribution in [0.25, 0.3) is 11.3 Å². The molecule has 0 saturated heterocycles. The van der Waals surface area contributed by atoms with Crippen LogP contribution in [0.5, 0.6) is 17.4 Å². The number of aromatic nitrogens is 2. The molecule has 142 valence electrons. The molecule has 28 heavy (non-hydrogen) atoms. The van der Waals surface area contributed by atoms with Gasteiger partial charge < -0.3 is 19.9 Å². The van der Waals surface area contributed by atoms with Gasteiger partial charge in [-0.2, -0.15) is 0 Å². The highest BCUT2D eigenvalue weighted by atomic mass is 16.6. The van der Waals surface area contributed by atoms with Gasteiger partial charge in [-0.1, -0.05) is 24.3 Å². The maximum absolute atomic E-state index is 11.1. The second-order valence-electron chi connectivity index (χ2n) is 5.69. The van der Waals surface area contributed by atoms with Crippen LogP contribution < -0.4 is 15.2 Å². The Morgan fingerprint density at radius 3 is 2.21 bits per heavy atom. The van der Waals surface area contributed by atoms with Gasteiger partial charge in [-0.25, -0.2) is 4.79 Å². The van der Waals surface area contributed by atoms with Crippen molar-refractivity contribution in [2.24, 2.45) is 5.73 Å². The van der Waals surface area contributed by atoms with Crippen LogP contribution in [0.3, 0.4) is 0 Å². The Kier molecular flexibility index (Phi) is 5.81. The van der Waals surface area contributed by atoms with E-state index in [1.807, 2.05) is 12.1 Å². The molecule has 0 saturated carbocycles. The number of carbonyl (C=O) groups excluding carboxylic acids is 1. The SMILES string of the molecule is COC(=O)COc1ccc(Oc2ccc(-c3ccc(C(=N)N)cc3)nn2)cc1. The third kappa shape index (κ3) is 4.82. The van der Waals surface area contributed by atoms with Gasteiger partial charge in [0.2, 0.25) is 5.88 Å². The van der Waals surface area contributed by atoms with Crippen molar-refractivity contribution in [3.05, 3.63) is 66.2 Å². The van der Waals surface area contributed by atoms with Crippen molar-refractivity contribution in [1.82, 2.24) is 10.2 Å². The molecule has 0 spiro atoms. The highest BCUT2D eigenvalue weighted by Crippen LogP contribution is 2.24. The average molecular weight is 378 g/mol. The fourth-order valence-electron chi connectivity index (χ4n) is 2.27. The molecule has 3 aromatic rings. The molecule has 0 amide bonds. The lowest BCUT2D eigenvalue weighted by molar-refractivity contribution is -0.142. The van der Waals surface area contributed by atoms with Crippen molar-refractivity contribution in [2.45, 2.75) is 0 Å². The summed E-state index contributed by atoms with van der Waals surface area (Å²) in [6.45, 7) is -0.156. The van der Waals surface area contributed by atoms with E-state index in [4.69, 9.17) is 20.6 Å². The Bertz CT molecular complexity index is 955. The largest absolute Gasteiger partial charge is 0.482 e. The van der Waals surface area contributed by atoms with Gasteiger partial charge in [-0.15, -0.1) is 10.2 Å². The summed E-state index contributed by atoms with van der Waals surface area (Å²) in [6.07, 6.45) is 0.